The number of hydrogen-bond acceptors (Lipinski definition) is 1. The molecular formula is C57H59N. The Bertz CT molecular complexity index is 2560. The molecule has 0 saturated heterocycles. The van der Waals surface area contributed by atoms with Gasteiger partial charge >= 0.3 is 0 Å². The minimum absolute atomic E-state index is 0.0851. The lowest BCUT2D eigenvalue weighted by molar-refractivity contribution is 0.191. The van der Waals surface area contributed by atoms with Gasteiger partial charge in [-0.1, -0.05) is 158 Å². The molecule has 1 heteroatoms. The van der Waals surface area contributed by atoms with Crippen LogP contribution in [-0.4, -0.2) is 0 Å². The normalized spacial score (nSPS) is 25.4. The molecule has 4 saturated carbocycles. The Labute approximate surface area is 347 Å². The fourth-order valence-electron chi connectivity index (χ4n) is 13.2. The minimum Gasteiger partial charge on any atom is -0.309 e. The Balaban J connectivity index is 1.22. The van der Waals surface area contributed by atoms with E-state index in [0.717, 1.165) is 17.8 Å². The number of fused-ring (bicyclic) bond motifs is 4. The summed E-state index contributed by atoms with van der Waals surface area (Å²) in [6, 6.07) is 52.2. The third-order valence-corrected chi connectivity index (χ3v) is 16.1. The van der Waals surface area contributed by atoms with E-state index < -0.39 is 0 Å². The summed E-state index contributed by atoms with van der Waals surface area (Å²) in [5, 5.41) is 0. The molecule has 6 aliphatic carbocycles. The zero-order chi connectivity index (χ0) is 39.8. The van der Waals surface area contributed by atoms with Crippen LogP contribution in [0.25, 0.3) is 33.4 Å². The predicted molar refractivity (Wildman–Crippen MR) is 245 cm³/mol. The number of nitrogens with zero attached hydrogens (tertiary/aromatic N) is 1. The summed E-state index contributed by atoms with van der Waals surface area (Å²) in [4.78, 5) is 2.68. The van der Waals surface area contributed by atoms with Gasteiger partial charge in [-0.05, 0) is 153 Å². The van der Waals surface area contributed by atoms with Crippen LogP contribution in [0.2, 0.25) is 0 Å². The summed E-state index contributed by atoms with van der Waals surface area (Å²) in [5.74, 6) is 3.21. The van der Waals surface area contributed by atoms with E-state index in [-0.39, 0.29) is 21.7 Å². The SMILES string of the molecule is CC(C)(C)c1ccc(-c2ccc3c(c2N(c2ccc(-c4ccccc4)cc2)c2ccc4c(c2)C(C)(C)CCC4(C)C)-c2ccccc2C32C3CC4CC(C3)C2C4)cc1. The van der Waals surface area contributed by atoms with E-state index in [9.17, 15) is 0 Å². The Morgan fingerprint density at radius 2 is 1.16 bits per heavy atom. The lowest BCUT2D eigenvalue weighted by atomic mass is 9.59. The quantitative estimate of drug-likeness (QED) is 0.169. The highest BCUT2D eigenvalue weighted by Crippen LogP contribution is 2.74. The van der Waals surface area contributed by atoms with Crippen molar-refractivity contribution in [3.63, 3.8) is 0 Å². The first kappa shape index (κ1) is 36.2. The van der Waals surface area contributed by atoms with Crippen LogP contribution in [0.1, 0.15) is 115 Å². The number of anilines is 3. The van der Waals surface area contributed by atoms with Crippen molar-refractivity contribution in [3.05, 3.63) is 161 Å². The van der Waals surface area contributed by atoms with E-state index >= 15 is 0 Å². The Morgan fingerprint density at radius 1 is 0.517 bits per heavy atom. The van der Waals surface area contributed by atoms with Crippen LogP contribution in [0.5, 0.6) is 0 Å². The summed E-state index contributed by atoms with van der Waals surface area (Å²) < 4.78 is 0. The van der Waals surface area contributed by atoms with Gasteiger partial charge in [0.05, 0.1) is 5.69 Å². The maximum Gasteiger partial charge on any atom is 0.0621 e. The maximum absolute atomic E-state index is 2.68. The van der Waals surface area contributed by atoms with Crippen molar-refractivity contribution in [2.45, 2.75) is 109 Å². The number of rotatable bonds is 5. The van der Waals surface area contributed by atoms with Gasteiger partial charge < -0.3 is 4.90 Å². The topological polar surface area (TPSA) is 3.24 Å². The third kappa shape index (κ3) is 5.20. The zero-order valence-corrected chi connectivity index (χ0v) is 35.7. The van der Waals surface area contributed by atoms with Crippen LogP contribution in [0.3, 0.4) is 0 Å². The van der Waals surface area contributed by atoms with Crippen molar-refractivity contribution in [1.82, 2.24) is 0 Å². The molecule has 5 atom stereocenters. The van der Waals surface area contributed by atoms with Crippen LogP contribution in [0.4, 0.5) is 17.1 Å². The third-order valence-electron chi connectivity index (χ3n) is 16.1. The molecule has 0 aliphatic heterocycles. The van der Waals surface area contributed by atoms with Crippen LogP contribution < -0.4 is 4.90 Å². The first-order valence-corrected chi connectivity index (χ1v) is 22.3. The first-order chi connectivity index (χ1) is 27.8. The van der Waals surface area contributed by atoms with E-state index in [1.54, 1.807) is 11.1 Å². The average Bonchev–Trinajstić information content (AvgIpc) is 3.77. The Hall–Kier alpha value is -4.88. The summed E-state index contributed by atoms with van der Waals surface area (Å²) in [6.07, 6.45) is 8.00. The van der Waals surface area contributed by atoms with Crippen molar-refractivity contribution >= 4 is 17.1 Å². The van der Waals surface area contributed by atoms with Crippen LogP contribution >= 0.6 is 0 Å². The molecule has 0 N–H and O–H groups in total. The van der Waals surface area contributed by atoms with E-state index in [2.05, 4.69) is 187 Å². The molecule has 12 rings (SSSR count). The van der Waals surface area contributed by atoms with Crippen molar-refractivity contribution in [2.75, 3.05) is 4.90 Å². The first-order valence-electron chi connectivity index (χ1n) is 22.3. The maximum atomic E-state index is 2.68. The standard InChI is InChI=1S/C57H59N/c1-54(2,3)41-21-17-39(18-22-41)45-26-28-49-52(46-15-11-12-16-47(46)57(49)42-32-36-31-40(34-42)50(57)33-36)53(45)58(43-23-19-38(20-24-43)37-13-9-8-10-14-37)44-25-27-48-51(35-44)56(6,7)30-29-55(48,4)5/h8-28,35-36,40,42,50H,29-34H2,1-7H3. The molecular weight excluding hydrogens is 699 g/mol. The van der Waals surface area contributed by atoms with E-state index in [4.69, 9.17) is 0 Å². The fourth-order valence-corrected chi connectivity index (χ4v) is 13.2. The van der Waals surface area contributed by atoms with Crippen LogP contribution in [-0.2, 0) is 21.7 Å². The lowest BCUT2D eigenvalue weighted by Gasteiger charge is -2.44. The van der Waals surface area contributed by atoms with Crippen molar-refractivity contribution < 1.29 is 0 Å². The molecule has 4 fully saturated rings. The summed E-state index contributed by atoms with van der Waals surface area (Å²) in [5.41, 5.74) is 19.8. The van der Waals surface area contributed by atoms with Gasteiger partial charge in [0.1, 0.15) is 0 Å². The van der Waals surface area contributed by atoms with Gasteiger partial charge in [0.25, 0.3) is 0 Å². The summed E-state index contributed by atoms with van der Waals surface area (Å²) in [6.45, 7) is 16.8. The van der Waals surface area contributed by atoms with Crippen molar-refractivity contribution in [1.29, 1.82) is 0 Å². The Morgan fingerprint density at radius 3 is 1.88 bits per heavy atom. The minimum atomic E-state index is 0.0851. The molecule has 0 radical (unpaired) electrons. The molecule has 6 aromatic carbocycles. The average molecular weight is 758 g/mol. The monoisotopic (exact) mass is 757 g/mol. The molecule has 1 nitrogen and oxygen atoms in total. The second kappa shape index (κ2) is 12.6. The zero-order valence-electron chi connectivity index (χ0n) is 35.7. The number of hydrogen-bond donors (Lipinski definition) is 0. The molecule has 6 aliphatic rings. The molecule has 1 spiro atoms. The van der Waals surface area contributed by atoms with Gasteiger partial charge in [-0.15, -0.1) is 0 Å². The van der Waals surface area contributed by atoms with Gasteiger partial charge in [-0.3, -0.25) is 0 Å². The second-order valence-electron chi connectivity index (χ2n) is 21.2. The highest BCUT2D eigenvalue weighted by atomic mass is 15.1. The molecule has 6 aromatic rings. The molecule has 0 heterocycles. The molecule has 58 heavy (non-hydrogen) atoms. The summed E-state index contributed by atoms with van der Waals surface area (Å²) in [7, 11) is 0. The molecule has 5 unspecified atom stereocenters. The van der Waals surface area contributed by atoms with Gasteiger partial charge in [0.15, 0.2) is 0 Å². The molecule has 292 valence electrons. The highest BCUT2D eigenvalue weighted by Gasteiger charge is 2.66. The molecule has 0 aromatic heterocycles. The molecule has 4 bridgehead atoms. The Kier molecular flexibility index (Phi) is 7.85. The highest BCUT2D eigenvalue weighted by molar-refractivity contribution is 6.02. The van der Waals surface area contributed by atoms with Crippen LogP contribution in [0.15, 0.2) is 133 Å². The molecule has 0 amide bonds. The van der Waals surface area contributed by atoms with Gasteiger partial charge in [-0.25, -0.2) is 0 Å². The van der Waals surface area contributed by atoms with Crippen LogP contribution in [0, 0.1) is 23.7 Å². The van der Waals surface area contributed by atoms with E-state index in [0.29, 0.717) is 5.92 Å². The largest absolute Gasteiger partial charge is 0.309 e. The summed E-state index contributed by atoms with van der Waals surface area (Å²) >= 11 is 0. The smallest absolute Gasteiger partial charge is 0.0621 e. The van der Waals surface area contributed by atoms with Gasteiger partial charge in [0.2, 0.25) is 0 Å². The predicted octanol–water partition coefficient (Wildman–Crippen LogP) is 15.5. The number of benzene rings is 6. The van der Waals surface area contributed by atoms with Crippen molar-refractivity contribution in [3.8, 4) is 33.4 Å². The van der Waals surface area contributed by atoms with E-state index in [1.165, 1.54) is 106 Å². The van der Waals surface area contributed by atoms with Gasteiger partial charge in [0, 0.05) is 27.9 Å². The van der Waals surface area contributed by atoms with Gasteiger partial charge in [-0.2, -0.15) is 0 Å². The van der Waals surface area contributed by atoms with E-state index in [1.807, 2.05) is 0 Å². The fraction of sp³-hybridized carbons (Fsp3) is 0.368. The van der Waals surface area contributed by atoms with Crippen molar-refractivity contribution in [2.24, 2.45) is 23.7 Å². The lowest BCUT2D eigenvalue weighted by Crippen LogP contribution is -2.40. The second-order valence-corrected chi connectivity index (χ2v) is 21.2.